The molecule has 8 nitrogen and oxygen atoms in total. The van der Waals surface area contributed by atoms with Gasteiger partial charge in [0.1, 0.15) is 11.5 Å². The van der Waals surface area contributed by atoms with E-state index in [2.05, 4.69) is 10.2 Å². The molecule has 0 bridgehead atoms. The fraction of sp³-hybridized carbons (Fsp3) is 0.471. The lowest BCUT2D eigenvalue weighted by atomic mass is 10.2. The average Bonchev–Trinajstić information content (AvgIpc) is 3.19. The number of rotatable bonds is 6. The van der Waals surface area contributed by atoms with Gasteiger partial charge in [0.25, 0.3) is 0 Å². The molecule has 3 rings (SSSR count). The van der Waals surface area contributed by atoms with Crippen LogP contribution in [-0.4, -0.2) is 54.9 Å². The van der Waals surface area contributed by atoms with Crippen LogP contribution in [0.3, 0.4) is 0 Å². The molecule has 1 aromatic heterocycles. The summed E-state index contributed by atoms with van der Waals surface area (Å²) in [6.07, 6.45) is 0.724. The van der Waals surface area contributed by atoms with Gasteiger partial charge in [0.15, 0.2) is 0 Å². The molecule has 1 unspecified atom stereocenters. The van der Waals surface area contributed by atoms with Crippen LogP contribution in [0.25, 0.3) is 0 Å². The molecule has 0 saturated carbocycles. The second-order valence-corrected chi connectivity index (χ2v) is 6.00. The maximum atomic E-state index is 12.9. The van der Waals surface area contributed by atoms with Gasteiger partial charge in [-0.2, -0.15) is 0 Å². The highest BCUT2D eigenvalue weighted by Gasteiger charge is 2.36. The molecule has 1 aliphatic rings. The maximum Gasteiger partial charge on any atom is 0.244 e. The molecule has 1 saturated heterocycles. The Hall–Kier alpha value is -2.61. The normalized spacial score (nSPS) is 17.4. The Morgan fingerprint density at radius 1 is 1.24 bits per heavy atom. The Bertz CT molecular complexity index is 739. The summed E-state index contributed by atoms with van der Waals surface area (Å²) in [6.45, 7) is 2.81. The van der Waals surface area contributed by atoms with E-state index in [1.165, 1.54) is 0 Å². The summed E-state index contributed by atoms with van der Waals surface area (Å²) in [6, 6.07) is 5.23. The van der Waals surface area contributed by atoms with Crippen molar-refractivity contribution < 1.29 is 18.7 Å². The van der Waals surface area contributed by atoms with Gasteiger partial charge in [0, 0.05) is 31.7 Å². The van der Waals surface area contributed by atoms with Crippen molar-refractivity contribution in [3.05, 3.63) is 30.0 Å². The van der Waals surface area contributed by atoms with Crippen LogP contribution in [0.4, 0.5) is 5.69 Å². The third-order valence-corrected chi connectivity index (χ3v) is 4.31. The van der Waals surface area contributed by atoms with Crippen LogP contribution in [0.15, 0.2) is 22.6 Å². The van der Waals surface area contributed by atoms with Crippen LogP contribution in [0.5, 0.6) is 11.5 Å². The Labute approximate surface area is 146 Å². The lowest BCUT2D eigenvalue weighted by molar-refractivity contribution is -0.121. The van der Waals surface area contributed by atoms with E-state index in [1.807, 2.05) is 24.1 Å². The van der Waals surface area contributed by atoms with E-state index in [9.17, 15) is 4.79 Å². The first kappa shape index (κ1) is 17.2. The first-order valence-electron chi connectivity index (χ1n) is 8.05. The topological polar surface area (TPSA) is 80.9 Å². The number of likely N-dealkylation sites (N-methyl/N-ethyl adjacent to an activating group) is 1. The number of carbonyl (C=O) groups is 1. The predicted molar refractivity (Wildman–Crippen MR) is 90.8 cm³/mol. The van der Waals surface area contributed by atoms with Gasteiger partial charge < -0.3 is 18.8 Å². The van der Waals surface area contributed by atoms with E-state index in [-0.39, 0.29) is 11.9 Å². The largest absolute Gasteiger partial charge is 0.497 e. The molecule has 8 heteroatoms. The zero-order valence-electron chi connectivity index (χ0n) is 14.9. The lowest BCUT2D eigenvalue weighted by Gasteiger charge is -2.23. The molecule has 1 aromatic carbocycles. The van der Waals surface area contributed by atoms with Crippen molar-refractivity contribution in [2.75, 3.05) is 32.7 Å². The van der Waals surface area contributed by atoms with Gasteiger partial charge in [-0.25, -0.2) is 0 Å². The number of hydrogen-bond acceptors (Lipinski definition) is 7. The molecule has 0 spiro atoms. The fourth-order valence-corrected chi connectivity index (χ4v) is 3.00. The van der Waals surface area contributed by atoms with Gasteiger partial charge >= 0.3 is 0 Å². The van der Waals surface area contributed by atoms with Gasteiger partial charge in [-0.15, -0.1) is 10.2 Å². The quantitative estimate of drug-likeness (QED) is 0.786. The Kier molecular flexibility index (Phi) is 4.89. The van der Waals surface area contributed by atoms with Crippen molar-refractivity contribution in [3.8, 4) is 11.5 Å². The predicted octanol–water partition coefficient (Wildman–Crippen LogP) is 1.63. The monoisotopic (exact) mass is 346 g/mol. The van der Waals surface area contributed by atoms with Crippen LogP contribution >= 0.6 is 0 Å². The van der Waals surface area contributed by atoms with E-state index in [0.29, 0.717) is 36.4 Å². The number of anilines is 1. The van der Waals surface area contributed by atoms with E-state index in [1.54, 1.807) is 32.1 Å². The number of methoxy groups -OCH3 is 2. The first-order chi connectivity index (χ1) is 12.0. The minimum atomic E-state index is -0.232. The Morgan fingerprint density at radius 3 is 2.48 bits per heavy atom. The summed E-state index contributed by atoms with van der Waals surface area (Å²) in [7, 11) is 5.07. The number of nitrogens with zero attached hydrogens (tertiary/aromatic N) is 4. The highest BCUT2D eigenvalue weighted by Crippen LogP contribution is 2.31. The third kappa shape index (κ3) is 3.58. The van der Waals surface area contributed by atoms with Crippen molar-refractivity contribution in [2.24, 2.45) is 0 Å². The second-order valence-electron chi connectivity index (χ2n) is 6.00. The van der Waals surface area contributed by atoms with Gasteiger partial charge in [-0.1, -0.05) is 0 Å². The van der Waals surface area contributed by atoms with Crippen molar-refractivity contribution in [1.82, 2.24) is 15.1 Å². The number of benzene rings is 1. The molecular formula is C17H22N4O4. The smallest absolute Gasteiger partial charge is 0.244 e. The molecule has 1 fully saturated rings. The van der Waals surface area contributed by atoms with Crippen LogP contribution < -0.4 is 14.4 Å². The number of hydrogen-bond donors (Lipinski definition) is 0. The molecule has 1 aliphatic heterocycles. The molecule has 2 aromatic rings. The number of carbonyl (C=O) groups excluding carboxylic acids is 1. The van der Waals surface area contributed by atoms with Gasteiger partial charge in [0.05, 0.1) is 32.5 Å². The number of aromatic nitrogens is 2. The number of ether oxygens (including phenoxy) is 2. The SMILES string of the molecule is COc1cc(OC)cc(N2CCC(N(C)Cc3nnc(C)o3)C2=O)c1. The van der Waals surface area contributed by atoms with Crippen molar-refractivity contribution in [1.29, 1.82) is 0 Å². The first-order valence-corrected chi connectivity index (χ1v) is 8.05. The molecule has 25 heavy (non-hydrogen) atoms. The van der Waals surface area contributed by atoms with Crippen molar-refractivity contribution >= 4 is 11.6 Å². The molecule has 0 N–H and O–H groups in total. The minimum Gasteiger partial charge on any atom is -0.497 e. The molecule has 1 atom stereocenters. The lowest BCUT2D eigenvalue weighted by Crippen LogP contribution is -2.39. The highest BCUT2D eigenvalue weighted by molar-refractivity contribution is 5.99. The zero-order chi connectivity index (χ0) is 18.0. The summed E-state index contributed by atoms with van der Waals surface area (Å²) < 4.78 is 16.0. The van der Waals surface area contributed by atoms with Gasteiger partial charge in [-0.05, 0) is 13.5 Å². The van der Waals surface area contributed by atoms with Crippen molar-refractivity contribution in [3.63, 3.8) is 0 Å². The summed E-state index contributed by atoms with van der Waals surface area (Å²) >= 11 is 0. The highest BCUT2D eigenvalue weighted by atomic mass is 16.5. The molecule has 0 aliphatic carbocycles. The zero-order valence-corrected chi connectivity index (χ0v) is 14.9. The maximum absolute atomic E-state index is 12.9. The summed E-state index contributed by atoms with van der Waals surface area (Å²) in [5.74, 6) is 2.37. The van der Waals surface area contributed by atoms with E-state index >= 15 is 0 Å². The van der Waals surface area contributed by atoms with E-state index < -0.39 is 0 Å². The van der Waals surface area contributed by atoms with Gasteiger partial charge in [-0.3, -0.25) is 9.69 Å². The molecular weight excluding hydrogens is 324 g/mol. The summed E-state index contributed by atoms with van der Waals surface area (Å²) in [5.41, 5.74) is 0.769. The van der Waals surface area contributed by atoms with Crippen LogP contribution in [-0.2, 0) is 11.3 Å². The minimum absolute atomic E-state index is 0.0362. The summed E-state index contributed by atoms with van der Waals surface area (Å²) in [5, 5.41) is 7.81. The Morgan fingerprint density at radius 2 is 1.92 bits per heavy atom. The van der Waals surface area contributed by atoms with Gasteiger partial charge in [0.2, 0.25) is 17.7 Å². The number of amides is 1. The molecule has 1 amide bonds. The van der Waals surface area contributed by atoms with E-state index in [4.69, 9.17) is 13.9 Å². The average molecular weight is 346 g/mol. The number of aryl methyl sites for hydroxylation is 1. The van der Waals surface area contributed by atoms with Crippen LogP contribution in [0.1, 0.15) is 18.2 Å². The Balaban J connectivity index is 1.75. The molecule has 134 valence electrons. The van der Waals surface area contributed by atoms with Crippen molar-refractivity contribution in [2.45, 2.75) is 25.9 Å². The van der Waals surface area contributed by atoms with E-state index in [0.717, 1.165) is 12.1 Å². The summed E-state index contributed by atoms with van der Waals surface area (Å²) in [4.78, 5) is 16.6. The third-order valence-electron chi connectivity index (χ3n) is 4.31. The van der Waals surface area contributed by atoms with Crippen LogP contribution in [0, 0.1) is 6.92 Å². The fourth-order valence-electron chi connectivity index (χ4n) is 3.00. The molecule has 2 heterocycles. The molecule has 0 radical (unpaired) electrons. The standard InChI is InChI=1S/C17H22N4O4/c1-11-18-19-16(25-11)10-20(2)15-5-6-21(17(15)22)12-7-13(23-3)9-14(8-12)24-4/h7-9,15H,5-6,10H2,1-4H3. The second kappa shape index (κ2) is 7.10. The van der Waals surface area contributed by atoms with Crippen LogP contribution in [0.2, 0.25) is 0 Å².